The van der Waals surface area contributed by atoms with Crippen LogP contribution in [0.4, 0.5) is 13.2 Å². The van der Waals surface area contributed by atoms with E-state index < -0.39 is 11.7 Å². The zero-order valence-corrected chi connectivity index (χ0v) is 12.0. The van der Waals surface area contributed by atoms with Gasteiger partial charge in [0.1, 0.15) is 11.9 Å². The average Bonchev–Trinajstić information content (AvgIpc) is 2.36. The summed E-state index contributed by atoms with van der Waals surface area (Å²) in [7, 11) is 0. The zero-order chi connectivity index (χ0) is 14.6. The highest BCUT2D eigenvalue weighted by molar-refractivity contribution is 6.30. The first kappa shape index (κ1) is 19.1. The summed E-state index contributed by atoms with van der Waals surface area (Å²) >= 11 is 5.58. The maximum atomic E-state index is 12.8. The van der Waals surface area contributed by atoms with Crippen molar-refractivity contribution in [2.45, 2.75) is 53.3 Å². The molecule has 1 nitrogen and oxygen atoms in total. The van der Waals surface area contributed by atoms with Crippen LogP contribution < -0.4 is 4.74 Å². The summed E-state index contributed by atoms with van der Waals surface area (Å²) < 4.78 is 43.7. The van der Waals surface area contributed by atoms with Crippen LogP contribution in [0.3, 0.4) is 0 Å². The number of hydrogen-bond donors (Lipinski definition) is 0. The lowest BCUT2D eigenvalue weighted by molar-refractivity contribution is -0.139. The maximum Gasteiger partial charge on any atom is 0.420 e. The third-order valence-corrected chi connectivity index (χ3v) is 3.30. The van der Waals surface area contributed by atoms with Crippen LogP contribution in [-0.4, -0.2) is 6.10 Å². The standard InChI is InChI=1S/C12H12ClF3O.C2H6.CH4/c1-7-2-4-10(7)17-11-5-3-8(13)6-9(11)12(14,15)16;1-2;/h3,5-7,10H,2,4H2,1H3;1-2H3;1H4/t7-,10-;;/m1../s1. The summed E-state index contributed by atoms with van der Waals surface area (Å²) in [5.41, 5.74) is -0.802. The Bertz CT molecular complexity index is 418. The highest BCUT2D eigenvalue weighted by atomic mass is 35.5. The molecule has 5 heteroatoms. The number of alkyl halides is 3. The molecule has 1 fully saturated rings. The molecule has 0 heterocycles. The molecule has 0 saturated heterocycles. The average molecular weight is 311 g/mol. The number of halogens is 4. The summed E-state index contributed by atoms with van der Waals surface area (Å²) in [5.74, 6) is 0.185. The van der Waals surface area contributed by atoms with Crippen molar-refractivity contribution >= 4 is 11.6 Å². The lowest BCUT2D eigenvalue weighted by atomic mass is 9.83. The Morgan fingerprint density at radius 2 is 1.80 bits per heavy atom. The SMILES string of the molecule is C.CC.C[C@@H]1CC[C@H]1Oc1ccc(Cl)cc1C(F)(F)F. The Kier molecular flexibility index (Phi) is 7.42. The van der Waals surface area contributed by atoms with E-state index in [4.69, 9.17) is 16.3 Å². The Labute approximate surface area is 124 Å². The van der Waals surface area contributed by atoms with Gasteiger partial charge in [-0.1, -0.05) is 39.8 Å². The van der Waals surface area contributed by atoms with E-state index in [1.807, 2.05) is 20.8 Å². The van der Waals surface area contributed by atoms with Gasteiger partial charge in [-0.3, -0.25) is 0 Å². The normalized spacial score (nSPS) is 20.9. The van der Waals surface area contributed by atoms with Crippen LogP contribution >= 0.6 is 11.6 Å². The van der Waals surface area contributed by atoms with Crippen molar-refractivity contribution in [2.75, 3.05) is 0 Å². The molecule has 20 heavy (non-hydrogen) atoms. The molecule has 0 bridgehead atoms. The number of ether oxygens (including phenoxy) is 1. The fourth-order valence-corrected chi connectivity index (χ4v) is 1.97. The molecule has 0 radical (unpaired) electrons. The zero-order valence-electron chi connectivity index (χ0n) is 11.2. The van der Waals surface area contributed by atoms with Crippen molar-refractivity contribution in [2.24, 2.45) is 5.92 Å². The van der Waals surface area contributed by atoms with E-state index >= 15 is 0 Å². The Morgan fingerprint density at radius 3 is 2.20 bits per heavy atom. The Balaban J connectivity index is 0.00000115. The van der Waals surface area contributed by atoms with E-state index in [1.165, 1.54) is 12.1 Å². The van der Waals surface area contributed by atoms with Crippen molar-refractivity contribution in [3.05, 3.63) is 28.8 Å². The van der Waals surface area contributed by atoms with E-state index in [-0.39, 0.29) is 24.3 Å². The van der Waals surface area contributed by atoms with Crippen molar-refractivity contribution in [3.63, 3.8) is 0 Å². The van der Waals surface area contributed by atoms with Crippen molar-refractivity contribution < 1.29 is 17.9 Å². The summed E-state index contributed by atoms with van der Waals surface area (Å²) in [6, 6.07) is 3.60. The third kappa shape index (κ3) is 4.58. The van der Waals surface area contributed by atoms with Gasteiger partial charge in [0, 0.05) is 5.02 Å². The largest absolute Gasteiger partial charge is 0.490 e. The van der Waals surface area contributed by atoms with Crippen LogP contribution in [0.1, 0.15) is 46.6 Å². The summed E-state index contributed by atoms with van der Waals surface area (Å²) in [5, 5.41) is 0.0614. The molecular weight excluding hydrogens is 289 g/mol. The molecule has 1 aromatic rings. The quantitative estimate of drug-likeness (QED) is 0.632. The minimum Gasteiger partial charge on any atom is -0.490 e. The summed E-state index contributed by atoms with van der Waals surface area (Å²) in [6.45, 7) is 5.97. The molecule has 2 atom stereocenters. The van der Waals surface area contributed by atoms with Gasteiger partial charge >= 0.3 is 6.18 Å². The minimum absolute atomic E-state index is 0. The second kappa shape index (κ2) is 7.77. The molecule has 0 unspecified atom stereocenters. The molecule has 1 aromatic carbocycles. The topological polar surface area (TPSA) is 9.23 Å². The molecule has 2 rings (SSSR count). The smallest absolute Gasteiger partial charge is 0.420 e. The van der Waals surface area contributed by atoms with Crippen molar-refractivity contribution in [1.29, 1.82) is 0 Å². The molecule has 1 saturated carbocycles. The highest BCUT2D eigenvalue weighted by Gasteiger charge is 2.37. The van der Waals surface area contributed by atoms with Crippen molar-refractivity contribution in [1.82, 2.24) is 0 Å². The highest BCUT2D eigenvalue weighted by Crippen LogP contribution is 2.40. The van der Waals surface area contributed by atoms with E-state index in [0.717, 1.165) is 18.9 Å². The van der Waals surface area contributed by atoms with E-state index in [9.17, 15) is 13.2 Å². The predicted molar refractivity (Wildman–Crippen MR) is 77.3 cm³/mol. The van der Waals surface area contributed by atoms with Crippen LogP contribution in [0.5, 0.6) is 5.75 Å². The first-order valence-electron chi connectivity index (χ1n) is 6.41. The summed E-state index contributed by atoms with van der Waals surface area (Å²) in [4.78, 5) is 0. The van der Waals surface area contributed by atoms with Gasteiger partial charge in [-0.15, -0.1) is 0 Å². The van der Waals surface area contributed by atoms with Crippen LogP contribution in [0.25, 0.3) is 0 Å². The molecule has 0 aliphatic heterocycles. The van der Waals surface area contributed by atoms with Gasteiger partial charge in [0.05, 0.1) is 5.56 Å². The fraction of sp³-hybridized carbons (Fsp3) is 0.600. The second-order valence-corrected chi connectivity index (χ2v) is 4.79. The lowest BCUT2D eigenvalue weighted by Gasteiger charge is -2.34. The van der Waals surface area contributed by atoms with E-state index in [1.54, 1.807) is 0 Å². The van der Waals surface area contributed by atoms with Gasteiger partial charge in [0.25, 0.3) is 0 Å². The minimum atomic E-state index is -4.44. The molecule has 0 amide bonds. The summed E-state index contributed by atoms with van der Waals surface area (Å²) in [6.07, 6.45) is -2.74. The van der Waals surface area contributed by atoms with E-state index in [2.05, 4.69) is 0 Å². The van der Waals surface area contributed by atoms with Crippen LogP contribution in [0.15, 0.2) is 18.2 Å². The Morgan fingerprint density at radius 1 is 1.20 bits per heavy atom. The lowest BCUT2D eigenvalue weighted by Crippen LogP contribution is -2.35. The molecular formula is C15H22ClF3O. The van der Waals surface area contributed by atoms with Gasteiger partial charge in [-0.2, -0.15) is 13.2 Å². The molecule has 1 aliphatic rings. The molecule has 116 valence electrons. The Hall–Kier alpha value is -0.900. The molecule has 0 N–H and O–H groups in total. The monoisotopic (exact) mass is 310 g/mol. The predicted octanol–water partition coefficient (Wildman–Crippen LogP) is 6.20. The number of hydrogen-bond acceptors (Lipinski definition) is 1. The van der Waals surface area contributed by atoms with Crippen LogP contribution in [0.2, 0.25) is 5.02 Å². The number of rotatable bonds is 2. The van der Waals surface area contributed by atoms with Crippen LogP contribution in [0, 0.1) is 5.92 Å². The molecule has 0 spiro atoms. The fourth-order valence-electron chi connectivity index (χ4n) is 1.80. The van der Waals surface area contributed by atoms with Gasteiger partial charge < -0.3 is 4.74 Å². The van der Waals surface area contributed by atoms with Gasteiger partial charge in [-0.05, 0) is 37.0 Å². The van der Waals surface area contributed by atoms with Gasteiger partial charge in [0.2, 0.25) is 0 Å². The van der Waals surface area contributed by atoms with E-state index in [0.29, 0.717) is 5.92 Å². The molecule has 1 aliphatic carbocycles. The maximum absolute atomic E-state index is 12.8. The van der Waals surface area contributed by atoms with Crippen LogP contribution in [-0.2, 0) is 6.18 Å². The number of benzene rings is 1. The van der Waals surface area contributed by atoms with Gasteiger partial charge in [0.15, 0.2) is 0 Å². The third-order valence-electron chi connectivity index (χ3n) is 3.07. The first-order chi connectivity index (χ1) is 8.88. The van der Waals surface area contributed by atoms with Gasteiger partial charge in [-0.25, -0.2) is 0 Å². The molecule has 0 aromatic heterocycles. The second-order valence-electron chi connectivity index (χ2n) is 4.35. The first-order valence-corrected chi connectivity index (χ1v) is 6.79. The van der Waals surface area contributed by atoms with Crippen molar-refractivity contribution in [3.8, 4) is 5.75 Å².